The van der Waals surface area contributed by atoms with Crippen molar-refractivity contribution in [2.75, 3.05) is 6.61 Å². The molecule has 3 aromatic rings. The highest BCUT2D eigenvalue weighted by molar-refractivity contribution is 7.99. The average molecular weight is 314 g/mol. The smallest absolute Gasteiger partial charge is 0.302 e. The molecular weight excluding hydrogens is 300 g/mol. The lowest BCUT2D eigenvalue weighted by atomic mass is 10.3. The summed E-state index contributed by atoms with van der Waals surface area (Å²) in [7, 11) is 0. The normalized spacial score (nSPS) is 10.6. The van der Waals surface area contributed by atoms with Crippen LogP contribution in [0.3, 0.4) is 0 Å². The summed E-state index contributed by atoms with van der Waals surface area (Å²) in [5.74, 6) is 0.317. The van der Waals surface area contributed by atoms with Crippen LogP contribution in [0.5, 0.6) is 11.7 Å². The van der Waals surface area contributed by atoms with Crippen molar-refractivity contribution >= 4 is 11.8 Å². The van der Waals surface area contributed by atoms with Crippen molar-refractivity contribution < 1.29 is 19.0 Å². The molecule has 5 nitrogen and oxygen atoms in total. The van der Waals surface area contributed by atoms with E-state index in [4.69, 9.17) is 9.26 Å². The molecule has 0 aliphatic rings. The van der Waals surface area contributed by atoms with Crippen molar-refractivity contribution in [1.82, 2.24) is 5.27 Å². The Morgan fingerprint density at radius 3 is 2.55 bits per heavy atom. The summed E-state index contributed by atoms with van der Waals surface area (Å²) in [4.78, 5) is 0.947. The van der Waals surface area contributed by atoms with E-state index >= 15 is 0 Å². The number of hydrogen-bond donors (Lipinski definition) is 0. The molecule has 0 saturated carbocycles. The van der Waals surface area contributed by atoms with Crippen LogP contribution in [-0.4, -0.2) is 11.9 Å². The highest BCUT2D eigenvalue weighted by atomic mass is 32.2. The molecule has 0 saturated heterocycles. The Bertz CT molecular complexity index is 742. The minimum Gasteiger partial charge on any atom is -0.538 e. The molecule has 6 heteroatoms. The molecule has 3 rings (SSSR count). The van der Waals surface area contributed by atoms with Crippen molar-refractivity contribution in [3.8, 4) is 17.4 Å². The van der Waals surface area contributed by atoms with Crippen molar-refractivity contribution in [2.24, 2.45) is 0 Å². The van der Waals surface area contributed by atoms with E-state index in [0.29, 0.717) is 11.6 Å². The molecule has 0 aliphatic carbocycles. The van der Waals surface area contributed by atoms with Gasteiger partial charge in [-0.05, 0) is 47.6 Å². The van der Waals surface area contributed by atoms with Crippen molar-refractivity contribution in [1.29, 1.82) is 0 Å². The van der Waals surface area contributed by atoms with Crippen molar-refractivity contribution in [3.63, 3.8) is 0 Å². The van der Waals surface area contributed by atoms with Crippen LogP contribution in [0.25, 0.3) is 5.69 Å². The maximum absolute atomic E-state index is 11.9. The Balaban J connectivity index is 1.91. The summed E-state index contributed by atoms with van der Waals surface area (Å²) in [6.07, 6.45) is 0. The first kappa shape index (κ1) is 14.5. The number of aromatic nitrogens is 2. The van der Waals surface area contributed by atoms with Gasteiger partial charge in [0, 0.05) is 17.0 Å². The molecule has 0 radical (unpaired) electrons. The zero-order chi connectivity index (χ0) is 15.4. The van der Waals surface area contributed by atoms with Gasteiger partial charge in [-0.2, -0.15) is 0 Å². The topological polar surface area (TPSA) is 62.2 Å². The summed E-state index contributed by atoms with van der Waals surface area (Å²) in [5.41, 5.74) is 0.743. The lowest BCUT2D eigenvalue weighted by molar-refractivity contribution is -0.705. The van der Waals surface area contributed by atoms with Gasteiger partial charge in [0.1, 0.15) is 5.75 Å². The second-order valence-electron chi connectivity index (χ2n) is 4.42. The van der Waals surface area contributed by atoms with E-state index in [-0.39, 0.29) is 0 Å². The average Bonchev–Trinajstić information content (AvgIpc) is 2.91. The zero-order valence-corrected chi connectivity index (χ0v) is 12.7. The Labute approximate surface area is 132 Å². The van der Waals surface area contributed by atoms with Crippen molar-refractivity contribution in [2.45, 2.75) is 16.8 Å². The van der Waals surface area contributed by atoms with E-state index in [9.17, 15) is 5.11 Å². The first-order chi connectivity index (χ1) is 10.8. The summed E-state index contributed by atoms with van der Waals surface area (Å²) < 4.78 is 11.7. The molecular formula is C16H14N2O3S. The molecule has 1 aromatic heterocycles. The van der Waals surface area contributed by atoms with Gasteiger partial charge in [0.15, 0.2) is 5.95 Å². The second-order valence-corrected chi connectivity index (χ2v) is 5.48. The molecule has 0 fully saturated rings. The van der Waals surface area contributed by atoms with Gasteiger partial charge in [-0.25, -0.2) is 0 Å². The first-order valence-corrected chi connectivity index (χ1v) is 7.64. The van der Waals surface area contributed by atoms with Gasteiger partial charge in [0.25, 0.3) is 0 Å². The van der Waals surface area contributed by atoms with Crippen LogP contribution < -0.4 is 14.5 Å². The van der Waals surface area contributed by atoms with Gasteiger partial charge in [-0.3, -0.25) is 0 Å². The highest BCUT2D eigenvalue weighted by Gasteiger charge is 2.21. The van der Waals surface area contributed by atoms with Crippen LogP contribution in [0.15, 0.2) is 69.0 Å². The molecule has 0 unspecified atom stereocenters. The summed E-state index contributed by atoms with van der Waals surface area (Å²) in [6, 6.07) is 17.0. The van der Waals surface area contributed by atoms with E-state index in [1.165, 1.54) is 16.4 Å². The van der Waals surface area contributed by atoms with E-state index in [1.54, 1.807) is 0 Å². The Hall–Kier alpha value is -2.47. The third-order valence-corrected chi connectivity index (χ3v) is 3.96. The predicted octanol–water partition coefficient (Wildman–Crippen LogP) is 2.57. The summed E-state index contributed by atoms with van der Waals surface area (Å²) >= 11 is 1.32. The van der Waals surface area contributed by atoms with Crippen LogP contribution in [0.4, 0.5) is 0 Å². The molecule has 112 valence electrons. The van der Waals surface area contributed by atoms with Crippen LogP contribution in [-0.2, 0) is 0 Å². The van der Waals surface area contributed by atoms with Gasteiger partial charge in [0.2, 0.25) is 5.69 Å². The number of hydrogen-bond acceptors (Lipinski definition) is 5. The second kappa shape index (κ2) is 6.53. The minimum atomic E-state index is -0.456. The van der Waals surface area contributed by atoms with Crippen molar-refractivity contribution in [3.05, 3.63) is 54.6 Å². The first-order valence-electron chi connectivity index (χ1n) is 6.83. The standard InChI is InChI=1S/C16H14N2O3S/c1-2-20-13-10-8-12(9-11-13)18-15(16(19)21-17-18)22-14-6-4-3-5-7-14/h3-11H,2H2,1H3. The maximum atomic E-state index is 11.9. The van der Waals surface area contributed by atoms with E-state index in [2.05, 4.69) is 5.27 Å². The third-order valence-electron chi connectivity index (χ3n) is 2.92. The molecule has 22 heavy (non-hydrogen) atoms. The van der Waals surface area contributed by atoms with Gasteiger partial charge in [0.05, 0.1) is 11.9 Å². The van der Waals surface area contributed by atoms with E-state index in [0.717, 1.165) is 16.3 Å². The predicted molar refractivity (Wildman–Crippen MR) is 79.2 cm³/mol. The van der Waals surface area contributed by atoms with Gasteiger partial charge < -0.3 is 14.4 Å². The van der Waals surface area contributed by atoms with Gasteiger partial charge in [-0.1, -0.05) is 18.2 Å². The Kier molecular flexibility index (Phi) is 4.29. The number of ether oxygens (including phenoxy) is 1. The summed E-state index contributed by atoms with van der Waals surface area (Å²) in [6.45, 7) is 2.54. The van der Waals surface area contributed by atoms with Crippen LogP contribution in [0.1, 0.15) is 6.92 Å². The molecule has 0 amide bonds. The quantitative estimate of drug-likeness (QED) is 0.677. The molecule has 0 N–H and O–H groups in total. The molecule has 0 aliphatic heterocycles. The molecule has 1 heterocycles. The molecule has 2 aromatic carbocycles. The lowest BCUT2D eigenvalue weighted by Gasteiger charge is -2.02. The fraction of sp³-hybridized carbons (Fsp3) is 0.125. The highest BCUT2D eigenvalue weighted by Crippen LogP contribution is 2.30. The number of rotatable bonds is 5. The largest absolute Gasteiger partial charge is 0.538 e. The Morgan fingerprint density at radius 2 is 1.86 bits per heavy atom. The zero-order valence-electron chi connectivity index (χ0n) is 11.9. The van der Waals surface area contributed by atoms with Gasteiger partial charge >= 0.3 is 5.03 Å². The molecule has 0 spiro atoms. The molecule has 0 atom stereocenters. The molecule has 0 bridgehead atoms. The minimum absolute atomic E-state index is 0.412. The fourth-order valence-electron chi connectivity index (χ4n) is 1.94. The lowest BCUT2D eigenvalue weighted by Crippen LogP contribution is -2.34. The maximum Gasteiger partial charge on any atom is 0.302 e. The third kappa shape index (κ3) is 3.07. The summed E-state index contributed by atoms with van der Waals surface area (Å²) in [5, 5.41) is 16.1. The van der Waals surface area contributed by atoms with Crippen LogP contribution in [0, 0.1) is 0 Å². The fourth-order valence-corrected chi connectivity index (χ4v) is 2.80. The van der Waals surface area contributed by atoms with Gasteiger partial charge in [-0.15, -0.1) is 0 Å². The number of nitrogens with zero attached hydrogens (tertiary/aromatic N) is 2. The van der Waals surface area contributed by atoms with Crippen LogP contribution >= 0.6 is 11.8 Å². The number of benzene rings is 2. The SMILES string of the molecule is CCOc1ccc(-[n+]2noc([O-])c2Sc2ccccc2)cc1. The monoisotopic (exact) mass is 314 g/mol. The van der Waals surface area contributed by atoms with E-state index < -0.39 is 5.95 Å². The van der Waals surface area contributed by atoms with E-state index in [1.807, 2.05) is 61.5 Å². The Morgan fingerprint density at radius 1 is 1.14 bits per heavy atom. The van der Waals surface area contributed by atoms with Crippen LogP contribution in [0.2, 0.25) is 0 Å².